The van der Waals surface area contributed by atoms with Crippen molar-refractivity contribution in [2.24, 2.45) is 5.41 Å². The molecule has 0 atom stereocenters. The van der Waals surface area contributed by atoms with Crippen molar-refractivity contribution in [1.29, 1.82) is 0 Å². The van der Waals surface area contributed by atoms with E-state index < -0.39 is 17.8 Å². The molecule has 1 heterocycles. The van der Waals surface area contributed by atoms with Crippen LogP contribution < -0.4 is 0 Å². The van der Waals surface area contributed by atoms with Crippen molar-refractivity contribution in [2.75, 3.05) is 51.1 Å². The number of hydrogen-bond acceptors (Lipinski definition) is 8. The summed E-state index contributed by atoms with van der Waals surface area (Å²) in [4.78, 5) is 38.9. The van der Waals surface area contributed by atoms with Crippen LogP contribution in [-0.4, -0.2) is 74.0 Å². The van der Waals surface area contributed by atoms with E-state index in [0.29, 0.717) is 43.5 Å². The van der Waals surface area contributed by atoms with Crippen molar-refractivity contribution in [3.05, 3.63) is 0 Å². The monoisotopic (exact) mass is 405 g/mol. The zero-order valence-corrected chi connectivity index (χ0v) is 17.3. The van der Waals surface area contributed by atoms with Gasteiger partial charge in [-0.1, -0.05) is 20.8 Å². The van der Waals surface area contributed by atoms with Gasteiger partial charge in [-0.3, -0.25) is 9.59 Å². The van der Waals surface area contributed by atoms with Crippen molar-refractivity contribution in [3.63, 3.8) is 0 Å². The molecule has 0 aromatic rings. The molecule has 9 heteroatoms. The van der Waals surface area contributed by atoms with Gasteiger partial charge in [0.25, 0.3) is 11.8 Å². The van der Waals surface area contributed by atoms with Crippen molar-refractivity contribution in [1.82, 2.24) is 5.06 Å². The zero-order chi connectivity index (χ0) is 20.1. The maximum atomic E-state index is 11.5. The van der Waals surface area contributed by atoms with Crippen LogP contribution in [0.3, 0.4) is 0 Å². The Balaban J connectivity index is 1.84. The number of carbonyl (C=O) groups excluding carboxylic acids is 3. The largest absolute Gasteiger partial charge is 0.378 e. The SMILES string of the molecule is CC(C)(C)CSCCOCCOCCOCCC(=O)ON1C(=O)CCC1=O. The Kier molecular flexibility index (Phi) is 11.6. The van der Waals surface area contributed by atoms with E-state index in [1.165, 1.54) is 0 Å². The molecule has 8 nitrogen and oxygen atoms in total. The Morgan fingerprint density at radius 1 is 0.926 bits per heavy atom. The molecule has 0 bridgehead atoms. The molecule has 0 aromatic carbocycles. The summed E-state index contributed by atoms with van der Waals surface area (Å²) in [7, 11) is 0. The molecule has 0 aliphatic carbocycles. The molecule has 1 saturated heterocycles. The van der Waals surface area contributed by atoms with E-state index in [2.05, 4.69) is 20.8 Å². The Morgan fingerprint density at radius 3 is 2.00 bits per heavy atom. The normalized spacial score (nSPS) is 14.9. The first-order valence-electron chi connectivity index (χ1n) is 9.17. The summed E-state index contributed by atoms with van der Waals surface area (Å²) in [6.45, 7) is 9.29. The smallest absolute Gasteiger partial charge is 0.335 e. The van der Waals surface area contributed by atoms with Gasteiger partial charge < -0.3 is 19.0 Å². The molecule has 1 fully saturated rings. The number of amides is 2. The summed E-state index contributed by atoms with van der Waals surface area (Å²) in [5.41, 5.74) is 0.341. The number of nitrogens with zero attached hydrogens (tertiary/aromatic N) is 1. The highest BCUT2D eigenvalue weighted by molar-refractivity contribution is 7.99. The molecular weight excluding hydrogens is 374 g/mol. The molecular formula is C18H31NO7S. The number of ether oxygens (including phenoxy) is 3. The Bertz CT molecular complexity index is 463. The minimum atomic E-state index is -0.669. The molecule has 0 unspecified atom stereocenters. The van der Waals surface area contributed by atoms with Gasteiger partial charge in [-0.05, 0) is 11.2 Å². The summed E-state index contributed by atoms with van der Waals surface area (Å²) < 4.78 is 16.1. The highest BCUT2D eigenvalue weighted by Crippen LogP contribution is 2.19. The van der Waals surface area contributed by atoms with E-state index >= 15 is 0 Å². The van der Waals surface area contributed by atoms with Crippen LogP contribution in [0.15, 0.2) is 0 Å². The van der Waals surface area contributed by atoms with Crippen molar-refractivity contribution in [3.8, 4) is 0 Å². The third-order valence-electron chi connectivity index (χ3n) is 3.30. The Labute approximate surface area is 165 Å². The van der Waals surface area contributed by atoms with Crippen LogP contribution in [0, 0.1) is 5.41 Å². The second kappa shape index (κ2) is 13.1. The molecule has 156 valence electrons. The molecule has 1 rings (SSSR count). The van der Waals surface area contributed by atoms with Gasteiger partial charge in [0.15, 0.2) is 0 Å². The molecule has 2 amide bonds. The fourth-order valence-corrected chi connectivity index (χ4v) is 2.99. The number of hydroxylamine groups is 2. The second-order valence-electron chi connectivity index (χ2n) is 7.25. The molecule has 1 aliphatic heterocycles. The zero-order valence-electron chi connectivity index (χ0n) is 16.5. The lowest BCUT2D eigenvalue weighted by molar-refractivity contribution is -0.198. The highest BCUT2D eigenvalue weighted by atomic mass is 32.2. The van der Waals surface area contributed by atoms with Crippen molar-refractivity contribution < 1.29 is 33.4 Å². The average molecular weight is 406 g/mol. The van der Waals surface area contributed by atoms with Crippen LogP contribution in [0.4, 0.5) is 0 Å². The minimum absolute atomic E-state index is 0.0353. The average Bonchev–Trinajstić information content (AvgIpc) is 2.90. The predicted octanol–water partition coefficient (Wildman–Crippen LogP) is 1.81. The standard InChI is InChI=1S/C18H31NO7S/c1-18(2,3)14-27-13-12-25-11-10-24-9-8-23-7-6-17(22)26-19-15(20)4-5-16(19)21/h4-14H2,1-3H3. The number of carbonyl (C=O) groups is 3. The summed E-state index contributed by atoms with van der Waals surface area (Å²) in [6.07, 6.45) is 0.130. The van der Waals surface area contributed by atoms with Gasteiger partial charge in [-0.15, -0.1) is 5.06 Å². The van der Waals surface area contributed by atoms with Crippen LogP contribution in [0.2, 0.25) is 0 Å². The summed E-state index contributed by atoms with van der Waals surface area (Å²) >= 11 is 1.89. The van der Waals surface area contributed by atoms with Gasteiger partial charge in [0.2, 0.25) is 0 Å². The van der Waals surface area contributed by atoms with Gasteiger partial charge >= 0.3 is 5.97 Å². The van der Waals surface area contributed by atoms with Crippen molar-refractivity contribution in [2.45, 2.75) is 40.0 Å². The quantitative estimate of drug-likeness (QED) is 0.319. The number of imide groups is 1. The van der Waals surface area contributed by atoms with Gasteiger partial charge in [-0.25, -0.2) is 4.79 Å². The molecule has 0 saturated carbocycles. The molecule has 0 N–H and O–H groups in total. The highest BCUT2D eigenvalue weighted by Gasteiger charge is 2.32. The van der Waals surface area contributed by atoms with E-state index in [1.807, 2.05) is 11.8 Å². The fourth-order valence-electron chi connectivity index (χ4n) is 2.00. The molecule has 0 spiro atoms. The number of thioether (sulfide) groups is 1. The summed E-state index contributed by atoms with van der Waals surface area (Å²) in [6, 6.07) is 0. The lowest BCUT2D eigenvalue weighted by Gasteiger charge is -2.17. The van der Waals surface area contributed by atoms with Crippen LogP contribution in [0.25, 0.3) is 0 Å². The lowest BCUT2D eigenvalue weighted by atomic mass is 10.0. The van der Waals surface area contributed by atoms with Crippen molar-refractivity contribution >= 4 is 29.5 Å². The van der Waals surface area contributed by atoms with Gasteiger partial charge in [-0.2, -0.15) is 11.8 Å². The second-order valence-corrected chi connectivity index (χ2v) is 8.35. The predicted molar refractivity (Wildman–Crippen MR) is 101 cm³/mol. The van der Waals surface area contributed by atoms with Gasteiger partial charge in [0.05, 0.1) is 46.1 Å². The summed E-state index contributed by atoms with van der Waals surface area (Å²) in [5, 5.41) is 0.535. The first-order chi connectivity index (χ1) is 12.8. The van der Waals surface area contributed by atoms with E-state index in [1.54, 1.807) is 0 Å². The van der Waals surface area contributed by atoms with Crippen LogP contribution in [-0.2, 0) is 33.4 Å². The van der Waals surface area contributed by atoms with Crippen LogP contribution >= 0.6 is 11.8 Å². The number of hydrogen-bond donors (Lipinski definition) is 0. The lowest BCUT2D eigenvalue weighted by Crippen LogP contribution is -2.32. The molecule has 27 heavy (non-hydrogen) atoms. The van der Waals surface area contributed by atoms with E-state index in [0.717, 1.165) is 11.5 Å². The first-order valence-corrected chi connectivity index (χ1v) is 10.3. The maximum Gasteiger partial charge on any atom is 0.335 e. The van der Waals surface area contributed by atoms with Gasteiger partial charge in [0.1, 0.15) is 0 Å². The fraction of sp³-hybridized carbons (Fsp3) is 0.833. The van der Waals surface area contributed by atoms with Crippen LogP contribution in [0.5, 0.6) is 0 Å². The van der Waals surface area contributed by atoms with Crippen LogP contribution in [0.1, 0.15) is 40.0 Å². The van der Waals surface area contributed by atoms with E-state index in [9.17, 15) is 14.4 Å². The molecule has 0 radical (unpaired) electrons. The van der Waals surface area contributed by atoms with E-state index in [-0.39, 0.29) is 25.9 Å². The third kappa shape index (κ3) is 12.0. The first kappa shape index (κ1) is 23.9. The maximum absolute atomic E-state index is 11.5. The Hall–Kier alpha value is -1.16. The Morgan fingerprint density at radius 2 is 1.44 bits per heavy atom. The molecule has 0 aromatic heterocycles. The third-order valence-corrected chi connectivity index (χ3v) is 4.83. The summed E-state index contributed by atoms with van der Waals surface area (Å²) in [5.74, 6) is 0.445. The minimum Gasteiger partial charge on any atom is -0.378 e. The topological polar surface area (TPSA) is 91.4 Å². The molecule has 1 aliphatic rings. The van der Waals surface area contributed by atoms with E-state index in [4.69, 9.17) is 19.0 Å². The number of rotatable bonds is 14. The van der Waals surface area contributed by atoms with Gasteiger partial charge in [0, 0.05) is 18.6 Å².